The smallest absolute Gasteiger partial charge is 0.241 e. The van der Waals surface area contributed by atoms with Gasteiger partial charge in [-0.3, -0.25) is 4.79 Å². The van der Waals surface area contributed by atoms with Crippen LogP contribution in [0.4, 0.5) is 0 Å². The molecule has 7 nitrogen and oxygen atoms in total. The monoisotopic (exact) mass is 475 g/mol. The third-order valence-corrected chi connectivity index (χ3v) is 8.78. The van der Waals surface area contributed by atoms with Crippen molar-refractivity contribution in [1.82, 2.24) is 14.5 Å². The molecule has 0 spiro atoms. The summed E-state index contributed by atoms with van der Waals surface area (Å²) in [7, 11) is -3.87. The SMILES string of the molecule is CC(C)C(C(=O)N1CCOCC1)S(=O)(=O)c1ccc2c(c1)nc(CC(C)(C)C)n2CC1CC1. The van der Waals surface area contributed by atoms with Crippen molar-refractivity contribution < 1.29 is 17.9 Å². The Morgan fingerprint density at radius 3 is 2.42 bits per heavy atom. The zero-order valence-electron chi connectivity index (χ0n) is 20.5. The van der Waals surface area contributed by atoms with Crippen LogP contribution in [-0.4, -0.2) is 60.3 Å². The van der Waals surface area contributed by atoms with E-state index in [-0.39, 0.29) is 22.1 Å². The number of imidazole rings is 1. The van der Waals surface area contributed by atoms with Crippen LogP contribution in [-0.2, 0) is 32.3 Å². The summed E-state index contributed by atoms with van der Waals surface area (Å²) in [6.45, 7) is 12.8. The third-order valence-electron chi connectivity index (χ3n) is 6.46. The molecule has 1 saturated heterocycles. The van der Waals surface area contributed by atoms with E-state index in [4.69, 9.17) is 9.72 Å². The fraction of sp³-hybridized carbons (Fsp3) is 0.680. The molecule has 2 aliphatic rings. The Hall–Kier alpha value is -1.93. The van der Waals surface area contributed by atoms with Crippen molar-refractivity contribution in [2.75, 3.05) is 26.3 Å². The van der Waals surface area contributed by atoms with Gasteiger partial charge < -0.3 is 14.2 Å². The Balaban J connectivity index is 1.72. The van der Waals surface area contributed by atoms with E-state index in [1.807, 2.05) is 6.07 Å². The van der Waals surface area contributed by atoms with Crippen LogP contribution in [0.5, 0.6) is 0 Å². The first-order valence-electron chi connectivity index (χ1n) is 12.1. The molecule has 2 fully saturated rings. The van der Waals surface area contributed by atoms with E-state index in [1.54, 1.807) is 30.9 Å². The van der Waals surface area contributed by atoms with Gasteiger partial charge in [0.05, 0.1) is 29.1 Å². The predicted molar refractivity (Wildman–Crippen MR) is 129 cm³/mol. The number of carbonyl (C=O) groups excluding carboxylic acids is 1. The molecule has 33 heavy (non-hydrogen) atoms. The van der Waals surface area contributed by atoms with Crippen molar-refractivity contribution in [3.63, 3.8) is 0 Å². The fourth-order valence-corrected chi connectivity index (χ4v) is 6.55. The van der Waals surface area contributed by atoms with Gasteiger partial charge in [0.15, 0.2) is 9.84 Å². The van der Waals surface area contributed by atoms with E-state index in [0.717, 1.165) is 24.3 Å². The van der Waals surface area contributed by atoms with E-state index in [2.05, 4.69) is 25.3 Å². The highest BCUT2D eigenvalue weighted by Gasteiger charge is 2.40. The third kappa shape index (κ3) is 5.27. The minimum Gasteiger partial charge on any atom is -0.378 e. The van der Waals surface area contributed by atoms with Crippen LogP contribution in [0.3, 0.4) is 0 Å². The average molecular weight is 476 g/mol. The molecule has 1 unspecified atom stereocenters. The van der Waals surface area contributed by atoms with Gasteiger partial charge in [-0.15, -0.1) is 0 Å². The normalized spacial score (nSPS) is 18.8. The number of nitrogens with zero attached hydrogens (tertiary/aromatic N) is 3. The summed E-state index contributed by atoms with van der Waals surface area (Å²) in [6.07, 6.45) is 3.29. The number of hydrogen-bond donors (Lipinski definition) is 0. The number of benzene rings is 1. The van der Waals surface area contributed by atoms with Crippen LogP contribution in [0.25, 0.3) is 11.0 Å². The Kier molecular flexibility index (Phi) is 6.62. The van der Waals surface area contributed by atoms with Crippen LogP contribution in [0.2, 0.25) is 0 Å². The maximum atomic E-state index is 13.7. The van der Waals surface area contributed by atoms with Gasteiger partial charge in [-0.2, -0.15) is 0 Å². The quantitative estimate of drug-likeness (QED) is 0.610. The molecule has 1 atom stereocenters. The number of rotatable bonds is 7. The van der Waals surface area contributed by atoms with Gasteiger partial charge in [0, 0.05) is 26.1 Å². The number of aromatic nitrogens is 2. The van der Waals surface area contributed by atoms with E-state index >= 15 is 0 Å². The van der Waals surface area contributed by atoms with Gasteiger partial charge in [-0.25, -0.2) is 13.4 Å². The van der Waals surface area contributed by atoms with Gasteiger partial charge in [-0.1, -0.05) is 34.6 Å². The summed E-state index contributed by atoms with van der Waals surface area (Å²) >= 11 is 0. The van der Waals surface area contributed by atoms with Gasteiger partial charge in [0.1, 0.15) is 11.1 Å². The molecular formula is C25H37N3O4S. The highest BCUT2D eigenvalue weighted by molar-refractivity contribution is 7.92. The Morgan fingerprint density at radius 2 is 1.85 bits per heavy atom. The maximum absolute atomic E-state index is 13.7. The highest BCUT2D eigenvalue weighted by Crippen LogP contribution is 2.34. The topological polar surface area (TPSA) is 81.5 Å². The molecular weight excluding hydrogens is 438 g/mol. The number of ether oxygens (including phenoxy) is 1. The van der Waals surface area contributed by atoms with E-state index < -0.39 is 15.1 Å². The molecule has 0 radical (unpaired) electrons. The zero-order chi connectivity index (χ0) is 24.0. The van der Waals surface area contributed by atoms with Crippen LogP contribution in [0.1, 0.15) is 53.3 Å². The number of morpholine rings is 1. The first kappa shape index (κ1) is 24.2. The maximum Gasteiger partial charge on any atom is 0.241 e. The lowest BCUT2D eigenvalue weighted by molar-refractivity contribution is -0.135. The Labute approximate surface area is 197 Å². The Morgan fingerprint density at radius 1 is 1.18 bits per heavy atom. The number of fused-ring (bicyclic) bond motifs is 1. The molecule has 1 amide bonds. The van der Waals surface area contributed by atoms with Crippen molar-refractivity contribution in [2.45, 2.75) is 70.6 Å². The molecule has 1 saturated carbocycles. The van der Waals surface area contributed by atoms with Crippen molar-refractivity contribution in [2.24, 2.45) is 17.3 Å². The summed E-state index contributed by atoms with van der Waals surface area (Å²) < 4.78 is 35.0. The Bertz CT molecular complexity index is 1120. The van der Waals surface area contributed by atoms with Crippen LogP contribution < -0.4 is 0 Å². The van der Waals surface area contributed by atoms with Crippen LogP contribution in [0, 0.1) is 17.3 Å². The molecule has 2 aromatic rings. The van der Waals surface area contributed by atoms with Gasteiger partial charge >= 0.3 is 0 Å². The number of amides is 1. The highest BCUT2D eigenvalue weighted by atomic mass is 32.2. The van der Waals surface area contributed by atoms with Crippen LogP contribution in [0.15, 0.2) is 23.1 Å². The van der Waals surface area contributed by atoms with Gasteiger partial charge in [-0.05, 0) is 48.3 Å². The lowest BCUT2D eigenvalue weighted by Crippen LogP contribution is -2.49. The largest absolute Gasteiger partial charge is 0.378 e. The second kappa shape index (κ2) is 9.02. The summed E-state index contributed by atoms with van der Waals surface area (Å²) in [6, 6.07) is 5.20. The molecule has 4 rings (SSSR count). The molecule has 0 bridgehead atoms. The second-order valence-electron chi connectivity index (χ2n) is 11.1. The summed E-state index contributed by atoms with van der Waals surface area (Å²) in [5.41, 5.74) is 1.74. The van der Waals surface area contributed by atoms with Crippen molar-refractivity contribution in [3.8, 4) is 0 Å². The molecule has 1 aliphatic heterocycles. The standard InChI is InChI=1S/C25H37N3O4S/c1-17(2)23(24(29)27-10-12-32-13-11-27)33(30,31)19-8-9-21-20(14-19)26-22(15-25(3,4)5)28(21)16-18-6-7-18/h8-9,14,17-18,23H,6-7,10-13,15-16H2,1-5H3. The lowest BCUT2D eigenvalue weighted by Gasteiger charge is -2.31. The second-order valence-corrected chi connectivity index (χ2v) is 13.2. The first-order valence-corrected chi connectivity index (χ1v) is 13.6. The fourth-order valence-electron chi connectivity index (χ4n) is 4.59. The lowest BCUT2D eigenvalue weighted by atomic mass is 9.92. The van der Waals surface area contributed by atoms with Crippen molar-refractivity contribution in [1.29, 1.82) is 0 Å². The molecule has 0 N–H and O–H groups in total. The number of sulfone groups is 1. The number of carbonyl (C=O) groups is 1. The summed E-state index contributed by atoms with van der Waals surface area (Å²) in [5, 5.41) is -1.12. The van der Waals surface area contributed by atoms with Crippen LogP contribution >= 0.6 is 0 Å². The van der Waals surface area contributed by atoms with Crippen molar-refractivity contribution >= 4 is 26.8 Å². The zero-order valence-corrected chi connectivity index (χ0v) is 21.3. The predicted octanol–water partition coefficient (Wildman–Crippen LogP) is 3.69. The van der Waals surface area contributed by atoms with E-state index in [1.165, 1.54) is 12.8 Å². The summed E-state index contributed by atoms with van der Waals surface area (Å²) in [5.74, 6) is 1.01. The molecule has 1 aromatic carbocycles. The van der Waals surface area contributed by atoms with Crippen molar-refractivity contribution in [3.05, 3.63) is 24.0 Å². The first-order chi connectivity index (χ1) is 15.5. The minimum absolute atomic E-state index is 0.0743. The number of hydrogen-bond acceptors (Lipinski definition) is 5. The molecule has 1 aliphatic carbocycles. The molecule has 1 aromatic heterocycles. The average Bonchev–Trinajstić information content (AvgIpc) is 3.49. The minimum atomic E-state index is -3.87. The molecule has 2 heterocycles. The molecule has 8 heteroatoms. The van der Waals surface area contributed by atoms with E-state index in [9.17, 15) is 13.2 Å². The molecule has 182 valence electrons. The van der Waals surface area contributed by atoms with E-state index in [0.29, 0.717) is 37.7 Å². The van der Waals surface area contributed by atoms with Gasteiger partial charge in [0.2, 0.25) is 5.91 Å². The van der Waals surface area contributed by atoms with Gasteiger partial charge in [0.25, 0.3) is 0 Å². The summed E-state index contributed by atoms with van der Waals surface area (Å²) in [4.78, 5) is 19.9.